The molecule has 4 rings (SSSR count). The average Bonchev–Trinajstić information content (AvgIpc) is 3.37. The van der Waals surface area contributed by atoms with E-state index in [-0.39, 0.29) is 12.0 Å². The minimum atomic E-state index is -0.0423. The van der Waals surface area contributed by atoms with Gasteiger partial charge in [-0.05, 0) is 31.0 Å². The lowest BCUT2D eigenvalue weighted by Gasteiger charge is -2.24. The van der Waals surface area contributed by atoms with E-state index in [9.17, 15) is 4.79 Å². The summed E-state index contributed by atoms with van der Waals surface area (Å²) in [7, 11) is 0. The van der Waals surface area contributed by atoms with Crippen molar-refractivity contribution in [3.05, 3.63) is 48.9 Å². The van der Waals surface area contributed by atoms with Crippen molar-refractivity contribution in [2.45, 2.75) is 38.3 Å². The predicted molar refractivity (Wildman–Crippen MR) is 104 cm³/mol. The van der Waals surface area contributed by atoms with Crippen molar-refractivity contribution < 1.29 is 14.1 Å². The Labute approximate surface area is 168 Å². The van der Waals surface area contributed by atoms with Crippen LogP contribution >= 0.6 is 0 Å². The van der Waals surface area contributed by atoms with Crippen molar-refractivity contribution in [1.82, 2.24) is 29.8 Å². The molecular formula is C20H24N6O3. The van der Waals surface area contributed by atoms with E-state index in [2.05, 4.69) is 20.2 Å². The Morgan fingerprint density at radius 2 is 2.24 bits per heavy atom. The number of amides is 1. The second kappa shape index (κ2) is 9.42. The summed E-state index contributed by atoms with van der Waals surface area (Å²) >= 11 is 0. The number of aromatic nitrogens is 5. The standard InChI is InChI=1S/C20H24N6O3/c27-19(25-10-4-12-28-17(14-25)15-26-11-3-9-22-26)7-1-6-18-23-20(24-29-18)16-5-2-8-21-13-16/h2-3,5,8-9,11,13,17H,1,4,6-7,10,12,14-15H2/t17-/m0/s1. The van der Waals surface area contributed by atoms with Gasteiger partial charge < -0.3 is 14.2 Å². The van der Waals surface area contributed by atoms with Crippen LogP contribution < -0.4 is 0 Å². The Hall–Kier alpha value is -3.07. The molecule has 1 amide bonds. The lowest BCUT2D eigenvalue weighted by atomic mass is 10.2. The lowest BCUT2D eigenvalue weighted by Crippen LogP contribution is -2.38. The highest BCUT2D eigenvalue weighted by Crippen LogP contribution is 2.15. The molecule has 152 valence electrons. The van der Waals surface area contributed by atoms with E-state index < -0.39 is 0 Å². The zero-order chi connectivity index (χ0) is 19.9. The van der Waals surface area contributed by atoms with Gasteiger partial charge in [0.25, 0.3) is 0 Å². The van der Waals surface area contributed by atoms with E-state index in [0.29, 0.717) is 50.7 Å². The molecule has 1 atom stereocenters. The lowest BCUT2D eigenvalue weighted by molar-refractivity contribution is -0.132. The third-order valence-corrected chi connectivity index (χ3v) is 4.82. The summed E-state index contributed by atoms with van der Waals surface area (Å²) in [5, 5.41) is 8.21. The van der Waals surface area contributed by atoms with Crippen LogP contribution in [0.15, 0.2) is 47.5 Å². The SMILES string of the molecule is O=C(CCCc1nc(-c2cccnc2)no1)N1CCCO[C@H](Cn2cccn2)C1. The van der Waals surface area contributed by atoms with E-state index >= 15 is 0 Å². The van der Waals surface area contributed by atoms with Gasteiger partial charge in [0, 0.05) is 62.9 Å². The van der Waals surface area contributed by atoms with Gasteiger partial charge in [0.15, 0.2) is 0 Å². The smallest absolute Gasteiger partial charge is 0.226 e. The monoisotopic (exact) mass is 396 g/mol. The molecule has 4 heterocycles. The van der Waals surface area contributed by atoms with E-state index in [4.69, 9.17) is 9.26 Å². The van der Waals surface area contributed by atoms with Crippen molar-refractivity contribution in [3.8, 4) is 11.4 Å². The van der Waals surface area contributed by atoms with Gasteiger partial charge in [-0.1, -0.05) is 5.16 Å². The maximum atomic E-state index is 12.7. The fourth-order valence-electron chi connectivity index (χ4n) is 3.37. The molecule has 1 aliphatic heterocycles. The number of hydrogen-bond acceptors (Lipinski definition) is 7. The van der Waals surface area contributed by atoms with Crippen molar-refractivity contribution in [1.29, 1.82) is 0 Å². The summed E-state index contributed by atoms with van der Waals surface area (Å²) in [4.78, 5) is 23.0. The Balaban J connectivity index is 1.26. The van der Waals surface area contributed by atoms with Gasteiger partial charge in [-0.3, -0.25) is 14.5 Å². The molecule has 9 nitrogen and oxygen atoms in total. The largest absolute Gasteiger partial charge is 0.374 e. The molecule has 0 saturated carbocycles. The fraction of sp³-hybridized carbons (Fsp3) is 0.450. The maximum Gasteiger partial charge on any atom is 0.226 e. The third kappa shape index (κ3) is 5.26. The van der Waals surface area contributed by atoms with Gasteiger partial charge in [0.2, 0.25) is 17.6 Å². The first-order valence-corrected chi connectivity index (χ1v) is 9.88. The Bertz CT molecular complexity index is 896. The third-order valence-electron chi connectivity index (χ3n) is 4.82. The van der Waals surface area contributed by atoms with Gasteiger partial charge in [-0.15, -0.1) is 0 Å². The minimum absolute atomic E-state index is 0.0423. The van der Waals surface area contributed by atoms with Crippen LogP contribution in [0.4, 0.5) is 0 Å². The highest BCUT2D eigenvalue weighted by Gasteiger charge is 2.23. The summed E-state index contributed by atoms with van der Waals surface area (Å²) in [6.07, 6.45) is 9.52. The minimum Gasteiger partial charge on any atom is -0.374 e. The maximum absolute atomic E-state index is 12.7. The summed E-state index contributed by atoms with van der Waals surface area (Å²) < 4.78 is 13.0. The van der Waals surface area contributed by atoms with Crippen LogP contribution in [-0.4, -0.2) is 61.5 Å². The molecule has 0 unspecified atom stereocenters. The van der Waals surface area contributed by atoms with Gasteiger partial charge in [0.1, 0.15) is 0 Å². The molecule has 1 aliphatic rings. The number of aryl methyl sites for hydroxylation is 1. The summed E-state index contributed by atoms with van der Waals surface area (Å²) in [6.45, 7) is 2.62. The molecule has 29 heavy (non-hydrogen) atoms. The first-order chi connectivity index (χ1) is 14.3. The molecule has 0 spiro atoms. The molecule has 0 aliphatic carbocycles. The Morgan fingerprint density at radius 3 is 3.07 bits per heavy atom. The van der Waals surface area contributed by atoms with Crippen LogP contribution in [0, 0.1) is 0 Å². The molecule has 0 N–H and O–H groups in total. The normalized spacial score (nSPS) is 17.2. The van der Waals surface area contributed by atoms with E-state index in [1.54, 1.807) is 18.6 Å². The van der Waals surface area contributed by atoms with Crippen molar-refractivity contribution >= 4 is 5.91 Å². The zero-order valence-electron chi connectivity index (χ0n) is 16.2. The second-order valence-electron chi connectivity index (χ2n) is 7.02. The first-order valence-electron chi connectivity index (χ1n) is 9.88. The molecule has 0 aromatic carbocycles. The molecule has 3 aromatic heterocycles. The van der Waals surface area contributed by atoms with Gasteiger partial charge in [-0.25, -0.2) is 0 Å². The second-order valence-corrected chi connectivity index (χ2v) is 7.02. The number of rotatable bonds is 7. The van der Waals surface area contributed by atoms with Crippen molar-refractivity contribution in [3.63, 3.8) is 0 Å². The summed E-state index contributed by atoms with van der Waals surface area (Å²) in [5.41, 5.74) is 0.811. The number of ether oxygens (including phenoxy) is 1. The molecule has 1 saturated heterocycles. The highest BCUT2D eigenvalue weighted by atomic mass is 16.5. The zero-order valence-corrected chi connectivity index (χ0v) is 16.2. The quantitative estimate of drug-likeness (QED) is 0.602. The molecule has 0 bridgehead atoms. The molecule has 1 fully saturated rings. The van der Waals surface area contributed by atoms with E-state index in [0.717, 1.165) is 18.5 Å². The van der Waals surface area contributed by atoms with Crippen LogP contribution in [0.2, 0.25) is 0 Å². The van der Waals surface area contributed by atoms with Crippen molar-refractivity contribution in [2.75, 3.05) is 19.7 Å². The van der Waals surface area contributed by atoms with E-state index in [1.165, 1.54) is 0 Å². The highest BCUT2D eigenvalue weighted by molar-refractivity contribution is 5.76. The topological polar surface area (TPSA) is 99.2 Å². The van der Waals surface area contributed by atoms with Crippen molar-refractivity contribution in [2.24, 2.45) is 0 Å². The van der Waals surface area contributed by atoms with Gasteiger partial charge in [-0.2, -0.15) is 10.1 Å². The van der Waals surface area contributed by atoms with Crippen LogP contribution in [0.1, 0.15) is 25.2 Å². The first kappa shape index (κ1) is 19.3. The fourth-order valence-corrected chi connectivity index (χ4v) is 3.37. The summed E-state index contributed by atoms with van der Waals surface area (Å²) in [6, 6.07) is 5.59. The van der Waals surface area contributed by atoms with Gasteiger partial charge in [0.05, 0.1) is 12.6 Å². The van der Waals surface area contributed by atoms with Crippen LogP contribution in [0.5, 0.6) is 0 Å². The molecule has 9 heteroatoms. The molecule has 0 radical (unpaired) electrons. The number of pyridine rings is 1. The van der Waals surface area contributed by atoms with Crippen LogP contribution in [0.25, 0.3) is 11.4 Å². The number of nitrogens with zero attached hydrogens (tertiary/aromatic N) is 6. The van der Waals surface area contributed by atoms with E-state index in [1.807, 2.05) is 34.0 Å². The number of hydrogen-bond donors (Lipinski definition) is 0. The van der Waals surface area contributed by atoms with Crippen LogP contribution in [-0.2, 0) is 22.5 Å². The molecular weight excluding hydrogens is 372 g/mol. The number of carbonyl (C=O) groups excluding carboxylic acids is 1. The Kier molecular flexibility index (Phi) is 6.25. The number of carbonyl (C=O) groups is 1. The van der Waals surface area contributed by atoms with Crippen LogP contribution in [0.3, 0.4) is 0 Å². The molecule has 3 aromatic rings. The predicted octanol–water partition coefficient (Wildman–Crippen LogP) is 1.97. The average molecular weight is 396 g/mol. The summed E-state index contributed by atoms with van der Waals surface area (Å²) in [5.74, 6) is 1.19. The Morgan fingerprint density at radius 1 is 1.28 bits per heavy atom. The van der Waals surface area contributed by atoms with Gasteiger partial charge >= 0.3 is 0 Å².